The van der Waals surface area contributed by atoms with Crippen molar-refractivity contribution in [1.29, 1.82) is 0 Å². The fourth-order valence-electron chi connectivity index (χ4n) is 4.02. The fraction of sp³-hybridized carbons (Fsp3) is 0.417. The van der Waals surface area contributed by atoms with E-state index < -0.39 is 0 Å². The van der Waals surface area contributed by atoms with E-state index in [0.29, 0.717) is 48.7 Å². The Hall–Kier alpha value is -3.22. The van der Waals surface area contributed by atoms with E-state index in [-0.39, 0.29) is 17.7 Å². The van der Waals surface area contributed by atoms with Gasteiger partial charge < -0.3 is 24.4 Å². The van der Waals surface area contributed by atoms with Crippen LogP contribution in [0.3, 0.4) is 0 Å². The van der Waals surface area contributed by atoms with Gasteiger partial charge in [0.25, 0.3) is 5.91 Å². The second-order valence-corrected chi connectivity index (χ2v) is 7.85. The van der Waals surface area contributed by atoms with Crippen LogP contribution in [0.15, 0.2) is 30.3 Å². The molecule has 1 N–H and O–H groups in total. The van der Waals surface area contributed by atoms with Crippen LogP contribution in [0.2, 0.25) is 0 Å². The molecule has 1 aliphatic rings. The minimum Gasteiger partial charge on any atom is -0.493 e. The summed E-state index contributed by atoms with van der Waals surface area (Å²) < 4.78 is 16.0. The van der Waals surface area contributed by atoms with Crippen LogP contribution >= 0.6 is 0 Å². The maximum atomic E-state index is 13.1. The standard InChI is InChI=1S/C24H30N2O5/c1-15-10-16(2)12-19(11-15)25-23(27)17-6-8-26(9-7-17)24(28)18-13-20(29-3)22(31-5)21(14-18)30-4/h10-14,17H,6-9H2,1-5H3,(H,25,27). The van der Waals surface area contributed by atoms with E-state index >= 15 is 0 Å². The summed E-state index contributed by atoms with van der Waals surface area (Å²) in [4.78, 5) is 27.5. The lowest BCUT2D eigenvalue weighted by Gasteiger charge is -2.31. The number of aryl methyl sites for hydroxylation is 2. The molecule has 1 fully saturated rings. The van der Waals surface area contributed by atoms with Crippen molar-refractivity contribution >= 4 is 17.5 Å². The van der Waals surface area contributed by atoms with Crippen molar-refractivity contribution in [3.05, 3.63) is 47.0 Å². The van der Waals surface area contributed by atoms with Gasteiger partial charge >= 0.3 is 0 Å². The number of nitrogens with zero attached hydrogens (tertiary/aromatic N) is 1. The first kappa shape index (κ1) is 22.5. The van der Waals surface area contributed by atoms with Gasteiger partial charge in [0.1, 0.15) is 0 Å². The highest BCUT2D eigenvalue weighted by Crippen LogP contribution is 2.38. The number of hydrogen-bond donors (Lipinski definition) is 1. The molecule has 0 radical (unpaired) electrons. The van der Waals surface area contributed by atoms with E-state index in [1.807, 2.05) is 26.0 Å². The molecular weight excluding hydrogens is 396 g/mol. The Morgan fingerprint density at radius 3 is 1.90 bits per heavy atom. The van der Waals surface area contributed by atoms with E-state index in [2.05, 4.69) is 11.4 Å². The molecule has 1 saturated heterocycles. The predicted molar refractivity (Wildman–Crippen MR) is 119 cm³/mol. The number of nitrogens with one attached hydrogen (secondary N) is 1. The van der Waals surface area contributed by atoms with Crippen LogP contribution in [0.4, 0.5) is 5.69 Å². The third-order valence-electron chi connectivity index (χ3n) is 5.55. The summed E-state index contributed by atoms with van der Waals surface area (Å²) >= 11 is 0. The maximum absolute atomic E-state index is 13.1. The normalized spacial score (nSPS) is 14.2. The van der Waals surface area contributed by atoms with Crippen LogP contribution in [0, 0.1) is 19.8 Å². The topological polar surface area (TPSA) is 77.1 Å². The molecule has 0 aromatic heterocycles. The summed E-state index contributed by atoms with van der Waals surface area (Å²) in [6.45, 7) is 5.05. The molecule has 1 heterocycles. The second kappa shape index (κ2) is 9.73. The number of benzene rings is 2. The molecule has 0 atom stereocenters. The zero-order valence-electron chi connectivity index (χ0n) is 18.8. The lowest BCUT2D eigenvalue weighted by molar-refractivity contribution is -0.121. The fourth-order valence-corrected chi connectivity index (χ4v) is 4.02. The minimum atomic E-state index is -0.121. The van der Waals surface area contributed by atoms with E-state index in [9.17, 15) is 9.59 Å². The molecule has 2 aromatic carbocycles. The molecule has 166 valence electrons. The highest BCUT2D eigenvalue weighted by molar-refractivity contribution is 5.96. The first-order chi connectivity index (χ1) is 14.9. The molecular formula is C24H30N2O5. The van der Waals surface area contributed by atoms with Crippen LogP contribution in [-0.2, 0) is 4.79 Å². The van der Waals surface area contributed by atoms with Crippen molar-refractivity contribution in [3.63, 3.8) is 0 Å². The van der Waals surface area contributed by atoms with E-state index in [4.69, 9.17) is 14.2 Å². The molecule has 7 heteroatoms. The maximum Gasteiger partial charge on any atom is 0.254 e. The summed E-state index contributed by atoms with van der Waals surface area (Å²) in [5, 5.41) is 3.02. The largest absolute Gasteiger partial charge is 0.493 e. The Labute approximate surface area is 183 Å². The summed E-state index contributed by atoms with van der Waals surface area (Å²) in [7, 11) is 4.56. The monoisotopic (exact) mass is 426 g/mol. The third kappa shape index (κ3) is 5.10. The van der Waals surface area contributed by atoms with Gasteiger partial charge in [0.05, 0.1) is 21.3 Å². The molecule has 3 rings (SSSR count). The second-order valence-electron chi connectivity index (χ2n) is 7.85. The van der Waals surface area contributed by atoms with Crippen molar-refractivity contribution in [3.8, 4) is 17.2 Å². The molecule has 0 saturated carbocycles. The van der Waals surface area contributed by atoms with Gasteiger partial charge in [0.2, 0.25) is 11.7 Å². The number of piperidine rings is 1. The quantitative estimate of drug-likeness (QED) is 0.760. The Bertz CT molecular complexity index is 919. The van der Waals surface area contributed by atoms with Crippen LogP contribution < -0.4 is 19.5 Å². The summed E-state index contributed by atoms with van der Waals surface area (Å²) in [6.07, 6.45) is 1.24. The Morgan fingerprint density at radius 1 is 0.871 bits per heavy atom. The molecule has 31 heavy (non-hydrogen) atoms. The number of rotatable bonds is 6. The van der Waals surface area contributed by atoms with Gasteiger partial charge in [-0.1, -0.05) is 6.07 Å². The lowest BCUT2D eigenvalue weighted by Crippen LogP contribution is -2.41. The first-order valence-electron chi connectivity index (χ1n) is 10.3. The average molecular weight is 427 g/mol. The predicted octanol–water partition coefficient (Wildman–Crippen LogP) is 3.82. The van der Waals surface area contributed by atoms with Crippen LogP contribution in [0.25, 0.3) is 0 Å². The van der Waals surface area contributed by atoms with Crippen LogP contribution in [-0.4, -0.2) is 51.1 Å². The number of ether oxygens (including phenoxy) is 3. The van der Waals surface area contributed by atoms with Crippen molar-refractivity contribution in [2.45, 2.75) is 26.7 Å². The van der Waals surface area contributed by atoms with E-state index in [0.717, 1.165) is 16.8 Å². The van der Waals surface area contributed by atoms with E-state index in [1.165, 1.54) is 21.3 Å². The molecule has 2 amide bonds. The lowest BCUT2D eigenvalue weighted by atomic mass is 9.95. The van der Waals surface area contributed by atoms with Gasteiger partial charge in [-0.05, 0) is 62.1 Å². The molecule has 1 aliphatic heterocycles. The molecule has 2 aromatic rings. The third-order valence-corrected chi connectivity index (χ3v) is 5.55. The highest BCUT2D eigenvalue weighted by atomic mass is 16.5. The van der Waals surface area contributed by atoms with Gasteiger partial charge in [-0.3, -0.25) is 9.59 Å². The highest BCUT2D eigenvalue weighted by Gasteiger charge is 2.29. The summed E-state index contributed by atoms with van der Waals surface area (Å²) in [6, 6.07) is 9.32. The molecule has 0 bridgehead atoms. The molecule has 0 aliphatic carbocycles. The Balaban J connectivity index is 1.65. The number of methoxy groups -OCH3 is 3. The van der Waals surface area contributed by atoms with Gasteiger partial charge in [-0.25, -0.2) is 0 Å². The van der Waals surface area contributed by atoms with Gasteiger partial charge in [-0.2, -0.15) is 0 Å². The molecule has 0 spiro atoms. The average Bonchev–Trinajstić information content (AvgIpc) is 2.76. The Kier molecular flexibility index (Phi) is 7.05. The van der Waals surface area contributed by atoms with Crippen molar-refractivity contribution in [2.24, 2.45) is 5.92 Å². The van der Waals surface area contributed by atoms with Crippen molar-refractivity contribution in [2.75, 3.05) is 39.7 Å². The zero-order chi connectivity index (χ0) is 22.5. The zero-order valence-corrected chi connectivity index (χ0v) is 18.8. The first-order valence-corrected chi connectivity index (χ1v) is 10.3. The molecule has 0 unspecified atom stereocenters. The number of carbonyl (C=O) groups excluding carboxylic acids is 2. The SMILES string of the molecule is COc1cc(C(=O)N2CCC(C(=O)Nc3cc(C)cc(C)c3)CC2)cc(OC)c1OC. The minimum absolute atomic E-state index is 0.00452. The number of anilines is 1. The Morgan fingerprint density at radius 2 is 1.42 bits per heavy atom. The summed E-state index contributed by atoms with van der Waals surface area (Å²) in [5.41, 5.74) is 3.51. The van der Waals surface area contributed by atoms with Crippen molar-refractivity contribution in [1.82, 2.24) is 4.90 Å². The van der Waals surface area contributed by atoms with Crippen molar-refractivity contribution < 1.29 is 23.8 Å². The van der Waals surface area contributed by atoms with Gasteiger partial charge in [-0.15, -0.1) is 0 Å². The molecule has 7 nitrogen and oxygen atoms in total. The van der Waals surface area contributed by atoms with Gasteiger partial charge in [0.15, 0.2) is 11.5 Å². The van der Waals surface area contributed by atoms with Gasteiger partial charge in [0, 0.05) is 30.3 Å². The van der Waals surface area contributed by atoms with Crippen LogP contribution in [0.5, 0.6) is 17.2 Å². The number of carbonyl (C=O) groups is 2. The van der Waals surface area contributed by atoms with E-state index in [1.54, 1.807) is 17.0 Å². The number of amides is 2. The smallest absolute Gasteiger partial charge is 0.254 e. The number of hydrogen-bond acceptors (Lipinski definition) is 5. The summed E-state index contributed by atoms with van der Waals surface area (Å²) in [5.74, 6) is 1.09. The number of likely N-dealkylation sites (tertiary alicyclic amines) is 1. The van der Waals surface area contributed by atoms with Crippen LogP contribution in [0.1, 0.15) is 34.3 Å².